The van der Waals surface area contributed by atoms with Gasteiger partial charge in [-0.05, 0) is 65.3 Å². The fourth-order valence-corrected chi connectivity index (χ4v) is 4.50. The van der Waals surface area contributed by atoms with E-state index in [1.54, 1.807) is 0 Å². The van der Waals surface area contributed by atoms with Gasteiger partial charge in [-0.25, -0.2) is 0 Å². The lowest BCUT2D eigenvalue weighted by Gasteiger charge is -2.17. The first kappa shape index (κ1) is 24.6. The molecule has 35 heavy (non-hydrogen) atoms. The molecule has 0 atom stereocenters. The van der Waals surface area contributed by atoms with Gasteiger partial charge in [0.15, 0.2) is 0 Å². The number of benzene rings is 3. The second kappa shape index (κ2) is 12.8. The lowest BCUT2D eigenvalue weighted by Crippen LogP contribution is -1.99. The molecule has 0 radical (unpaired) electrons. The van der Waals surface area contributed by atoms with Gasteiger partial charge in [0, 0.05) is 17.8 Å². The Bertz CT molecular complexity index is 1240. The maximum absolute atomic E-state index is 4.69. The van der Waals surface area contributed by atoms with Gasteiger partial charge in [-0.1, -0.05) is 106 Å². The van der Waals surface area contributed by atoms with Crippen LogP contribution in [0.15, 0.2) is 90.1 Å². The zero-order valence-corrected chi connectivity index (χ0v) is 21.0. The molecule has 1 aromatic heterocycles. The molecule has 3 aromatic carbocycles. The SMILES string of the molecule is CCCCC(CCCC)c1ccc(C=Nc2ccc(/C=C/c3ccnc4ccccc34)cc2)cc1. The predicted octanol–water partition coefficient (Wildman–Crippen LogP) is 9.62. The molecule has 4 rings (SSSR count). The average Bonchev–Trinajstić information content (AvgIpc) is 2.92. The van der Waals surface area contributed by atoms with Crippen LogP contribution in [0.2, 0.25) is 0 Å². The molecule has 0 N–H and O–H groups in total. The Morgan fingerprint density at radius 2 is 1.43 bits per heavy atom. The molecule has 0 aliphatic carbocycles. The van der Waals surface area contributed by atoms with Crippen LogP contribution in [-0.2, 0) is 0 Å². The molecular formula is C33H36N2. The van der Waals surface area contributed by atoms with E-state index in [9.17, 15) is 0 Å². The topological polar surface area (TPSA) is 25.2 Å². The summed E-state index contributed by atoms with van der Waals surface area (Å²) in [4.78, 5) is 9.13. The van der Waals surface area contributed by atoms with Crippen LogP contribution in [0.3, 0.4) is 0 Å². The summed E-state index contributed by atoms with van der Waals surface area (Å²) in [5.74, 6) is 0.687. The molecule has 0 unspecified atom stereocenters. The van der Waals surface area contributed by atoms with Crippen molar-refractivity contribution >= 4 is 35.0 Å². The first-order valence-electron chi connectivity index (χ1n) is 13.0. The minimum Gasteiger partial charge on any atom is -0.256 e. The molecule has 0 saturated carbocycles. The predicted molar refractivity (Wildman–Crippen MR) is 153 cm³/mol. The Labute approximate surface area is 210 Å². The summed E-state index contributed by atoms with van der Waals surface area (Å²) in [5, 5.41) is 1.17. The Balaban J connectivity index is 1.39. The number of aromatic nitrogens is 1. The normalized spacial score (nSPS) is 11.9. The molecule has 0 aliphatic heterocycles. The van der Waals surface area contributed by atoms with E-state index in [2.05, 4.69) is 97.7 Å². The third kappa shape index (κ3) is 6.99. The van der Waals surface area contributed by atoms with E-state index in [1.165, 1.54) is 55.0 Å². The molecule has 0 bridgehead atoms. The second-order valence-electron chi connectivity index (χ2n) is 9.25. The Morgan fingerprint density at radius 3 is 2.14 bits per heavy atom. The number of unbranched alkanes of at least 4 members (excludes halogenated alkanes) is 2. The van der Waals surface area contributed by atoms with Crippen LogP contribution in [-0.4, -0.2) is 11.2 Å². The van der Waals surface area contributed by atoms with Gasteiger partial charge in [0.05, 0.1) is 11.2 Å². The van der Waals surface area contributed by atoms with Crippen molar-refractivity contribution in [2.24, 2.45) is 4.99 Å². The van der Waals surface area contributed by atoms with Crippen LogP contribution in [0.1, 0.15) is 80.5 Å². The second-order valence-corrected chi connectivity index (χ2v) is 9.25. The molecule has 1 heterocycles. The number of hydrogen-bond donors (Lipinski definition) is 0. The van der Waals surface area contributed by atoms with Crippen molar-refractivity contribution in [2.45, 2.75) is 58.3 Å². The smallest absolute Gasteiger partial charge is 0.0707 e. The third-order valence-corrected chi connectivity index (χ3v) is 6.61. The highest BCUT2D eigenvalue weighted by Gasteiger charge is 2.10. The summed E-state index contributed by atoms with van der Waals surface area (Å²) in [6.07, 6.45) is 15.9. The van der Waals surface area contributed by atoms with Crippen molar-refractivity contribution in [1.82, 2.24) is 4.98 Å². The maximum Gasteiger partial charge on any atom is 0.0707 e. The molecule has 0 aliphatic rings. The zero-order chi connectivity index (χ0) is 24.3. The van der Waals surface area contributed by atoms with Crippen molar-refractivity contribution in [3.8, 4) is 0 Å². The molecule has 0 amide bonds. The van der Waals surface area contributed by atoms with Crippen molar-refractivity contribution in [3.63, 3.8) is 0 Å². The van der Waals surface area contributed by atoms with E-state index < -0.39 is 0 Å². The molecule has 4 aromatic rings. The van der Waals surface area contributed by atoms with Crippen LogP contribution < -0.4 is 0 Å². The van der Waals surface area contributed by atoms with Crippen LogP contribution in [0.25, 0.3) is 23.1 Å². The Hall–Kier alpha value is -3.52. The number of rotatable bonds is 11. The summed E-state index contributed by atoms with van der Waals surface area (Å²) in [5.41, 5.74) is 6.93. The van der Waals surface area contributed by atoms with Crippen molar-refractivity contribution in [1.29, 1.82) is 0 Å². The van der Waals surface area contributed by atoms with Crippen LogP contribution in [0.4, 0.5) is 5.69 Å². The van der Waals surface area contributed by atoms with Gasteiger partial charge in [0.25, 0.3) is 0 Å². The van der Waals surface area contributed by atoms with Crippen LogP contribution in [0, 0.1) is 0 Å². The number of hydrogen-bond acceptors (Lipinski definition) is 2. The minimum atomic E-state index is 0.687. The molecule has 0 saturated heterocycles. The molecule has 0 spiro atoms. The van der Waals surface area contributed by atoms with Crippen molar-refractivity contribution in [2.75, 3.05) is 0 Å². The van der Waals surface area contributed by atoms with E-state index in [0.29, 0.717) is 5.92 Å². The van der Waals surface area contributed by atoms with E-state index in [1.807, 2.05) is 24.5 Å². The number of fused-ring (bicyclic) bond motifs is 1. The van der Waals surface area contributed by atoms with Gasteiger partial charge in [-0.15, -0.1) is 0 Å². The summed E-state index contributed by atoms with van der Waals surface area (Å²) >= 11 is 0. The fraction of sp³-hybridized carbons (Fsp3) is 0.273. The first-order chi connectivity index (χ1) is 17.3. The quantitative estimate of drug-likeness (QED) is 0.204. The highest BCUT2D eigenvalue weighted by molar-refractivity contribution is 5.90. The Morgan fingerprint density at radius 1 is 0.743 bits per heavy atom. The lowest BCUT2D eigenvalue weighted by molar-refractivity contribution is 0.525. The van der Waals surface area contributed by atoms with Crippen LogP contribution in [0.5, 0.6) is 0 Å². The molecule has 2 nitrogen and oxygen atoms in total. The fourth-order valence-electron chi connectivity index (χ4n) is 4.50. The van der Waals surface area contributed by atoms with Crippen molar-refractivity contribution < 1.29 is 0 Å². The summed E-state index contributed by atoms with van der Waals surface area (Å²) in [6.45, 7) is 4.56. The van der Waals surface area contributed by atoms with Gasteiger partial charge in [0.1, 0.15) is 0 Å². The maximum atomic E-state index is 4.69. The average molecular weight is 461 g/mol. The van der Waals surface area contributed by atoms with E-state index in [-0.39, 0.29) is 0 Å². The Kier molecular flexibility index (Phi) is 9.00. The molecule has 2 heteroatoms. The highest BCUT2D eigenvalue weighted by atomic mass is 14.7. The molecule has 178 valence electrons. The van der Waals surface area contributed by atoms with Crippen LogP contribution >= 0.6 is 0 Å². The summed E-state index contributed by atoms with van der Waals surface area (Å²) in [6, 6.07) is 27.7. The third-order valence-electron chi connectivity index (χ3n) is 6.61. The molecular weight excluding hydrogens is 424 g/mol. The molecule has 0 fully saturated rings. The van der Waals surface area contributed by atoms with E-state index in [4.69, 9.17) is 4.99 Å². The van der Waals surface area contributed by atoms with Gasteiger partial charge in [-0.3, -0.25) is 9.98 Å². The van der Waals surface area contributed by atoms with Gasteiger partial charge in [-0.2, -0.15) is 0 Å². The van der Waals surface area contributed by atoms with Gasteiger partial charge >= 0.3 is 0 Å². The summed E-state index contributed by atoms with van der Waals surface area (Å²) < 4.78 is 0. The van der Waals surface area contributed by atoms with E-state index in [0.717, 1.165) is 22.3 Å². The largest absolute Gasteiger partial charge is 0.256 e. The van der Waals surface area contributed by atoms with Crippen molar-refractivity contribution in [3.05, 3.63) is 107 Å². The summed E-state index contributed by atoms with van der Waals surface area (Å²) in [7, 11) is 0. The monoisotopic (exact) mass is 460 g/mol. The zero-order valence-electron chi connectivity index (χ0n) is 21.0. The lowest BCUT2D eigenvalue weighted by atomic mass is 9.88. The highest BCUT2D eigenvalue weighted by Crippen LogP contribution is 2.28. The number of para-hydroxylation sites is 1. The van der Waals surface area contributed by atoms with Gasteiger partial charge in [0.2, 0.25) is 0 Å². The standard InChI is InChI=1S/C33H36N2/c1-3-5-9-28(10-6-4-2)29-18-14-27(15-19-29)25-35-31-21-16-26(17-22-31)13-20-30-23-24-34-33-12-8-7-11-32(30)33/h7-8,11-25,28H,3-6,9-10H2,1-2H3/b20-13+,35-25?. The van der Waals surface area contributed by atoms with E-state index >= 15 is 0 Å². The van der Waals surface area contributed by atoms with Gasteiger partial charge < -0.3 is 0 Å². The minimum absolute atomic E-state index is 0.687. The number of nitrogens with zero attached hydrogens (tertiary/aromatic N) is 2. The first-order valence-corrected chi connectivity index (χ1v) is 13.0. The number of pyridine rings is 1. The number of aliphatic imine (C=N–C) groups is 1.